The molecule has 0 aliphatic carbocycles. The van der Waals surface area contributed by atoms with Crippen LogP contribution in [0, 0.1) is 12.7 Å². The standard InChI is InChI=1S/C16H18FNOS/c1-3-7-19-15-10-16(14(18)9-13(15)17)20-12-6-4-5-11(2)8-12/h4-6,8-10H,3,7,18H2,1-2H3. The summed E-state index contributed by atoms with van der Waals surface area (Å²) in [7, 11) is 0. The number of rotatable bonds is 5. The smallest absolute Gasteiger partial charge is 0.167 e. The molecule has 2 N–H and O–H groups in total. The molecule has 2 nitrogen and oxygen atoms in total. The highest BCUT2D eigenvalue weighted by molar-refractivity contribution is 7.99. The zero-order valence-corrected chi connectivity index (χ0v) is 12.5. The van der Waals surface area contributed by atoms with Crippen LogP contribution in [0.4, 0.5) is 10.1 Å². The summed E-state index contributed by atoms with van der Waals surface area (Å²) in [6.07, 6.45) is 0.837. The molecule has 20 heavy (non-hydrogen) atoms. The molecule has 2 rings (SSSR count). The van der Waals surface area contributed by atoms with Crippen LogP contribution < -0.4 is 10.5 Å². The molecular formula is C16H18FNOS. The third-order valence-corrected chi connectivity index (χ3v) is 3.81. The molecule has 0 amide bonds. The van der Waals surface area contributed by atoms with Gasteiger partial charge in [0.05, 0.1) is 6.61 Å². The van der Waals surface area contributed by atoms with Gasteiger partial charge < -0.3 is 10.5 Å². The van der Waals surface area contributed by atoms with E-state index in [1.807, 2.05) is 32.0 Å². The fraction of sp³-hybridized carbons (Fsp3) is 0.250. The van der Waals surface area contributed by atoms with Crippen molar-refractivity contribution >= 4 is 17.4 Å². The summed E-state index contributed by atoms with van der Waals surface area (Å²) in [5.41, 5.74) is 7.50. The number of halogens is 1. The van der Waals surface area contributed by atoms with E-state index >= 15 is 0 Å². The molecule has 0 fully saturated rings. The second-order valence-corrected chi connectivity index (χ2v) is 5.70. The maximum absolute atomic E-state index is 13.7. The topological polar surface area (TPSA) is 35.2 Å². The van der Waals surface area contributed by atoms with Gasteiger partial charge in [0.15, 0.2) is 11.6 Å². The Hall–Kier alpha value is -1.68. The molecule has 0 unspecified atom stereocenters. The van der Waals surface area contributed by atoms with Gasteiger partial charge in [-0.15, -0.1) is 0 Å². The van der Waals surface area contributed by atoms with Crippen LogP contribution in [0.3, 0.4) is 0 Å². The molecule has 0 aromatic heterocycles. The van der Waals surface area contributed by atoms with Crippen LogP contribution in [0.5, 0.6) is 5.75 Å². The molecule has 0 atom stereocenters. The van der Waals surface area contributed by atoms with Crippen molar-refractivity contribution in [3.05, 3.63) is 47.8 Å². The average molecular weight is 291 g/mol. The number of hydrogen-bond acceptors (Lipinski definition) is 3. The zero-order chi connectivity index (χ0) is 14.5. The van der Waals surface area contributed by atoms with Gasteiger partial charge in [-0.1, -0.05) is 36.4 Å². The molecule has 0 radical (unpaired) electrons. The summed E-state index contributed by atoms with van der Waals surface area (Å²) in [5.74, 6) is -0.152. The van der Waals surface area contributed by atoms with Crippen molar-refractivity contribution in [2.24, 2.45) is 0 Å². The fourth-order valence-electron chi connectivity index (χ4n) is 1.77. The Morgan fingerprint density at radius 1 is 1.25 bits per heavy atom. The molecule has 0 aliphatic heterocycles. The third-order valence-electron chi connectivity index (χ3n) is 2.74. The first-order chi connectivity index (χ1) is 9.60. The highest BCUT2D eigenvalue weighted by atomic mass is 32.2. The normalized spacial score (nSPS) is 10.6. The van der Waals surface area contributed by atoms with Crippen LogP contribution in [-0.4, -0.2) is 6.61 Å². The van der Waals surface area contributed by atoms with Gasteiger partial charge in [-0.2, -0.15) is 0 Å². The van der Waals surface area contributed by atoms with Crippen molar-refractivity contribution in [3.8, 4) is 5.75 Å². The van der Waals surface area contributed by atoms with E-state index in [0.717, 1.165) is 16.2 Å². The molecule has 106 valence electrons. The maximum Gasteiger partial charge on any atom is 0.167 e. The summed E-state index contributed by atoms with van der Waals surface area (Å²) in [5, 5.41) is 0. The van der Waals surface area contributed by atoms with E-state index in [1.54, 1.807) is 6.07 Å². The summed E-state index contributed by atoms with van der Waals surface area (Å²) in [6.45, 7) is 4.51. The predicted molar refractivity (Wildman–Crippen MR) is 81.9 cm³/mol. The first-order valence-electron chi connectivity index (χ1n) is 6.56. The Bertz CT molecular complexity index is 601. The monoisotopic (exact) mass is 291 g/mol. The lowest BCUT2D eigenvalue weighted by molar-refractivity contribution is 0.300. The Kier molecular flexibility index (Phi) is 4.90. The molecule has 0 bridgehead atoms. The van der Waals surface area contributed by atoms with Gasteiger partial charge >= 0.3 is 0 Å². The van der Waals surface area contributed by atoms with Crippen molar-refractivity contribution in [1.82, 2.24) is 0 Å². The zero-order valence-electron chi connectivity index (χ0n) is 11.7. The van der Waals surface area contributed by atoms with Crippen LogP contribution >= 0.6 is 11.8 Å². The van der Waals surface area contributed by atoms with E-state index in [9.17, 15) is 4.39 Å². The van der Waals surface area contributed by atoms with Gasteiger partial charge in [0.2, 0.25) is 0 Å². The van der Waals surface area contributed by atoms with E-state index in [2.05, 4.69) is 6.07 Å². The quantitative estimate of drug-likeness (QED) is 0.814. The van der Waals surface area contributed by atoms with Crippen LogP contribution in [0.25, 0.3) is 0 Å². The molecule has 0 spiro atoms. The SMILES string of the molecule is CCCOc1cc(Sc2cccc(C)c2)c(N)cc1F. The van der Waals surface area contributed by atoms with Gasteiger partial charge in [-0.3, -0.25) is 0 Å². The highest BCUT2D eigenvalue weighted by Crippen LogP contribution is 2.36. The van der Waals surface area contributed by atoms with Crippen LogP contribution in [-0.2, 0) is 0 Å². The van der Waals surface area contributed by atoms with Crippen molar-refractivity contribution in [2.45, 2.75) is 30.1 Å². The Morgan fingerprint density at radius 2 is 2.05 bits per heavy atom. The lowest BCUT2D eigenvalue weighted by Crippen LogP contribution is -1.99. The van der Waals surface area contributed by atoms with E-state index in [1.165, 1.54) is 23.4 Å². The van der Waals surface area contributed by atoms with Gasteiger partial charge in [0, 0.05) is 21.5 Å². The second-order valence-electron chi connectivity index (χ2n) is 4.59. The van der Waals surface area contributed by atoms with Gasteiger partial charge in [-0.05, 0) is 31.5 Å². The molecule has 4 heteroatoms. The highest BCUT2D eigenvalue weighted by Gasteiger charge is 2.10. The molecule has 2 aromatic carbocycles. The van der Waals surface area contributed by atoms with E-state index < -0.39 is 5.82 Å². The van der Waals surface area contributed by atoms with Crippen molar-refractivity contribution in [2.75, 3.05) is 12.3 Å². The number of nitrogens with two attached hydrogens (primary N) is 1. The van der Waals surface area contributed by atoms with Crippen molar-refractivity contribution < 1.29 is 9.13 Å². The molecule has 0 aliphatic rings. The van der Waals surface area contributed by atoms with Crippen molar-refractivity contribution in [3.63, 3.8) is 0 Å². The van der Waals surface area contributed by atoms with Crippen LogP contribution in [0.1, 0.15) is 18.9 Å². The lowest BCUT2D eigenvalue weighted by Gasteiger charge is -2.11. The number of hydrogen-bond donors (Lipinski definition) is 1. The Balaban J connectivity index is 2.26. The summed E-state index contributed by atoms with van der Waals surface area (Å²) >= 11 is 1.51. The number of ether oxygens (including phenoxy) is 1. The Labute approximate surface area is 123 Å². The first kappa shape index (κ1) is 14.7. The van der Waals surface area contributed by atoms with Gasteiger partial charge in [0.1, 0.15) is 0 Å². The van der Waals surface area contributed by atoms with Crippen LogP contribution in [0.2, 0.25) is 0 Å². The van der Waals surface area contributed by atoms with E-state index in [0.29, 0.717) is 12.3 Å². The Morgan fingerprint density at radius 3 is 2.75 bits per heavy atom. The minimum Gasteiger partial charge on any atom is -0.490 e. The number of anilines is 1. The van der Waals surface area contributed by atoms with Crippen LogP contribution in [0.15, 0.2) is 46.2 Å². The molecule has 0 saturated heterocycles. The predicted octanol–water partition coefficient (Wildman–Crippen LogP) is 4.66. The van der Waals surface area contributed by atoms with Gasteiger partial charge in [0.25, 0.3) is 0 Å². The number of nitrogen functional groups attached to an aromatic ring is 1. The van der Waals surface area contributed by atoms with Crippen molar-refractivity contribution in [1.29, 1.82) is 0 Å². The fourth-order valence-corrected chi connectivity index (χ4v) is 2.76. The maximum atomic E-state index is 13.7. The molecular weight excluding hydrogens is 273 g/mol. The van der Waals surface area contributed by atoms with E-state index in [-0.39, 0.29) is 5.75 Å². The minimum absolute atomic E-state index is 0.260. The molecule has 0 saturated carbocycles. The number of aryl methyl sites for hydroxylation is 1. The summed E-state index contributed by atoms with van der Waals surface area (Å²) in [4.78, 5) is 1.88. The molecule has 0 heterocycles. The average Bonchev–Trinajstić information content (AvgIpc) is 2.40. The number of benzene rings is 2. The van der Waals surface area contributed by atoms with E-state index in [4.69, 9.17) is 10.5 Å². The summed E-state index contributed by atoms with van der Waals surface area (Å²) in [6, 6.07) is 11.1. The minimum atomic E-state index is -0.412. The van der Waals surface area contributed by atoms with Gasteiger partial charge in [-0.25, -0.2) is 4.39 Å². The summed E-state index contributed by atoms with van der Waals surface area (Å²) < 4.78 is 19.1. The largest absolute Gasteiger partial charge is 0.490 e. The second kappa shape index (κ2) is 6.66. The lowest BCUT2D eigenvalue weighted by atomic mass is 10.2. The first-order valence-corrected chi connectivity index (χ1v) is 7.38. The molecule has 2 aromatic rings. The third kappa shape index (κ3) is 3.67.